The molecule has 8 heteroatoms. The number of nitrogens with one attached hydrogen (secondary N) is 2. The number of ketones is 1. The molecule has 0 aliphatic carbocycles. The second kappa shape index (κ2) is 18.9. The van der Waals surface area contributed by atoms with Crippen molar-refractivity contribution in [3.05, 3.63) is 34.9 Å². The summed E-state index contributed by atoms with van der Waals surface area (Å²) in [7, 11) is 0. The van der Waals surface area contributed by atoms with E-state index in [0.717, 1.165) is 19.4 Å². The molecule has 41 heavy (non-hydrogen) atoms. The Balaban J connectivity index is 3.10. The molecule has 0 radical (unpaired) electrons. The van der Waals surface area contributed by atoms with Gasteiger partial charge in [0.1, 0.15) is 11.2 Å². The van der Waals surface area contributed by atoms with Crippen LogP contribution in [0, 0.1) is 0 Å². The van der Waals surface area contributed by atoms with Crippen LogP contribution in [0.2, 0.25) is 0 Å². The highest BCUT2D eigenvalue weighted by molar-refractivity contribution is 6.10. The van der Waals surface area contributed by atoms with Crippen LogP contribution in [0.15, 0.2) is 18.2 Å². The van der Waals surface area contributed by atoms with Gasteiger partial charge in [0.05, 0.1) is 11.6 Å². The van der Waals surface area contributed by atoms with Crippen molar-refractivity contribution in [3.63, 3.8) is 0 Å². The minimum atomic E-state index is -0.863. The van der Waals surface area contributed by atoms with Gasteiger partial charge >= 0.3 is 12.1 Å². The lowest BCUT2D eigenvalue weighted by atomic mass is 9.92. The molecule has 0 aromatic heterocycles. The fourth-order valence-electron chi connectivity index (χ4n) is 4.53. The zero-order valence-corrected chi connectivity index (χ0v) is 26.8. The first-order valence-electron chi connectivity index (χ1n) is 15.6. The number of ether oxygens (including phenoxy) is 2. The molecule has 0 saturated heterocycles. The van der Waals surface area contributed by atoms with Gasteiger partial charge in [0.25, 0.3) is 0 Å². The first-order chi connectivity index (χ1) is 19.3. The van der Waals surface area contributed by atoms with E-state index >= 15 is 0 Å². The van der Waals surface area contributed by atoms with Gasteiger partial charge in [-0.3, -0.25) is 4.79 Å². The zero-order chi connectivity index (χ0) is 30.9. The first kappa shape index (κ1) is 36.6. The number of benzene rings is 1. The molecule has 4 N–H and O–H groups in total. The number of alkyl carbamates (subject to hydrolysis) is 1. The predicted molar refractivity (Wildman–Crippen MR) is 166 cm³/mol. The number of nitrogens with two attached hydrogens (primary N) is 1. The standard InChI is InChI=1S/C33H57N3O5/c1-8-9-10-11-12-13-14-17-23-35-24-25-19-18-20-26(28(25)30(38)40-32(2,3)4)29(37)27(21-15-16-22-34)36-31(39)41-33(5,6)7/h18-20,27,35H,8-17,21-24,34H2,1-7H3,(H,36,39)/t27-/m0/s1. The fourth-order valence-corrected chi connectivity index (χ4v) is 4.53. The molecule has 0 aliphatic heterocycles. The van der Waals surface area contributed by atoms with Crippen molar-refractivity contribution < 1.29 is 23.9 Å². The number of Topliss-reactive ketones (excluding diaryl/α,β-unsaturated/α-hetero) is 1. The smallest absolute Gasteiger partial charge is 0.408 e. The summed E-state index contributed by atoms with van der Waals surface area (Å²) in [6, 6.07) is 4.40. The lowest BCUT2D eigenvalue weighted by molar-refractivity contribution is 0.00662. The summed E-state index contributed by atoms with van der Waals surface area (Å²) in [4.78, 5) is 40.0. The van der Waals surface area contributed by atoms with Crippen LogP contribution >= 0.6 is 0 Å². The van der Waals surface area contributed by atoms with Crippen LogP contribution in [0.1, 0.15) is 145 Å². The number of rotatable bonds is 19. The van der Waals surface area contributed by atoms with Gasteiger partial charge in [-0.2, -0.15) is 0 Å². The molecule has 1 aromatic rings. The van der Waals surface area contributed by atoms with Gasteiger partial charge in [-0.15, -0.1) is 0 Å². The summed E-state index contributed by atoms with van der Waals surface area (Å²) in [6.07, 6.45) is 11.0. The predicted octanol–water partition coefficient (Wildman–Crippen LogP) is 7.08. The Hall–Kier alpha value is -2.45. The molecule has 8 nitrogen and oxygen atoms in total. The maximum Gasteiger partial charge on any atom is 0.408 e. The van der Waals surface area contributed by atoms with E-state index in [9.17, 15) is 14.4 Å². The Morgan fingerprint density at radius 1 is 0.829 bits per heavy atom. The summed E-state index contributed by atoms with van der Waals surface area (Å²) in [6.45, 7) is 14.7. The molecule has 1 amide bonds. The fraction of sp³-hybridized carbons (Fsp3) is 0.727. The monoisotopic (exact) mass is 575 g/mol. The zero-order valence-electron chi connectivity index (χ0n) is 26.8. The van der Waals surface area contributed by atoms with E-state index in [0.29, 0.717) is 37.9 Å². The highest BCUT2D eigenvalue weighted by Crippen LogP contribution is 2.23. The summed E-state index contributed by atoms with van der Waals surface area (Å²) < 4.78 is 11.1. The van der Waals surface area contributed by atoms with Gasteiger partial charge in [0.2, 0.25) is 0 Å². The normalized spacial score (nSPS) is 12.6. The Labute approximate surface area is 248 Å². The molecular formula is C33H57N3O5. The third-order valence-electron chi connectivity index (χ3n) is 6.50. The lowest BCUT2D eigenvalue weighted by Crippen LogP contribution is -2.44. The molecule has 0 fully saturated rings. The van der Waals surface area contributed by atoms with Crippen LogP contribution in [-0.4, -0.2) is 48.2 Å². The van der Waals surface area contributed by atoms with Gasteiger partial charge in [-0.25, -0.2) is 9.59 Å². The third-order valence-corrected chi connectivity index (χ3v) is 6.50. The maximum atomic E-state index is 13.9. The Bertz CT molecular complexity index is 934. The summed E-state index contributed by atoms with van der Waals surface area (Å²) in [5, 5.41) is 6.18. The van der Waals surface area contributed by atoms with Crippen molar-refractivity contribution in [1.82, 2.24) is 10.6 Å². The number of carbonyl (C=O) groups is 3. The van der Waals surface area contributed by atoms with E-state index < -0.39 is 29.3 Å². The van der Waals surface area contributed by atoms with Gasteiger partial charge in [0.15, 0.2) is 5.78 Å². The van der Waals surface area contributed by atoms with E-state index in [1.165, 1.54) is 38.5 Å². The van der Waals surface area contributed by atoms with E-state index in [-0.39, 0.29) is 16.9 Å². The SMILES string of the molecule is CCCCCCCCCCNCc1cccc(C(=O)[C@H](CCCCN)NC(=O)OC(C)(C)C)c1C(=O)OC(C)(C)C. The molecular weight excluding hydrogens is 518 g/mol. The van der Waals surface area contributed by atoms with Crippen molar-refractivity contribution in [2.75, 3.05) is 13.1 Å². The van der Waals surface area contributed by atoms with Crippen LogP contribution in [0.25, 0.3) is 0 Å². The number of amides is 1. The van der Waals surface area contributed by atoms with Crippen molar-refractivity contribution in [3.8, 4) is 0 Å². The summed E-state index contributed by atoms with van der Waals surface area (Å²) in [5.74, 6) is -0.901. The lowest BCUT2D eigenvalue weighted by Gasteiger charge is -2.25. The van der Waals surface area contributed by atoms with E-state index in [2.05, 4.69) is 17.6 Å². The molecule has 0 heterocycles. The number of hydrogen-bond donors (Lipinski definition) is 3. The molecule has 1 atom stereocenters. The molecule has 1 rings (SSSR count). The quantitative estimate of drug-likeness (QED) is 0.0916. The van der Waals surface area contributed by atoms with Gasteiger partial charge in [-0.1, -0.05) is 70.1 Å². The van der Waals surface area contributed by atoms with Gasteiger partial charge in [-0.05, 0) is 85.9 Å². The molecule has 1 aromatic carbocycles. The van der Waals surface area contributed by atoms with Crippen molar-refractivity contribution in [1.29, 1.82) is 0 Å². The first-order valence-corrected chi connectivity index (χ1v) is 15.6. The topological polar surface area (TPSA) is 120 Å². The van der Waals surface area contributed by atoms with Crippen LogP contribution in [0.3, 0.4) is 0 Å². The van der Waals surface area contributed by atoms with Crippen LogP contribution in [0.5, 0.6) is 0 Å². The molecule has 0 bridgehead atoms. The highest BCUT2D eigenvalue weighted by atomic mass is 16.6. The highest BCUT2D eigenvalue weighted by Gasteiger charge is 2.31. The molecule has 0 unspecified atom stereocenters. The number of carbonyl (C=O) groups excluding carboxylic acids is 3. The van der Waals surface area contributed by atoms with Gasteiger partial charge < -0.3 is 25.8 Å². The van der Waals surface area contributed by atoms with E-state index in [1.807, 2.05) is 6.07 Å². The molecule has 234 valence electrons. The number of hydrogen-bond acceptors (Lipinski definition) is 7. The Morgan fingerprint density at radius 2 is 1.44 bits per heavy atom. The molecule has 0 spiro atoms. The van der Waals surface area contributed by atoms with Crippen molar-refractivity contribution in [2.24, 2.45) is 5.73 Å². The largest absolute Gasteiger partial charge is 0.456 e. The molecule has 0 aliphatic rings. The number of esters is 1. The maximum absolute atomic E-state index is 13.9. The van der Waals surface area contributed by atoms with Crippen LogP contribution in [-0.2, 0) is 16.0 Å². The second-order valence-corrected chi connectivity index (χ2v) is 12.8. The van der Waals surface area contributed by atoms with Crippen molar-refractivity contribution in [2.45, 2.75) is 143 Å². The Kier molecular flexibility index (Phi) is 16.8. The van der Waals surface area contributed by atoms with E-state index in [4.69, 9.17) is 15.2 Å². The minimum Gasteiger partial charge on any atom is -0.456 e. The van der Waals surface area contributed by atoms with Gasteiger partial charge in [0, 0.05) is 12.1 Å². The van der Waals surface area contributed by atoms with E-state index in [1.54, 1.807) is 53.7 Å². The van der Waals surface area contributed by atoms with Crippen LogP contribution in [0.4, 0.5) is 4.79 Å². The van der Waals surface area contributed by atoms with Crippen molar-refractivity contribution >= 4 is 17.8 Å². The average Bonchev–Trinajstić information content (AvgIpc) is 2.86. The summed E-state index contributed by atoms with van der Waals surface area (Å²) >= 11 is 0. The third kappa shape index (κ3) is 15.9. The summed E-state index contributed by atoms with van der Waals surface area (Å²) in [5.41, 5.74) is 5.40. The average molecular weight is 576 g/mol. The molecule has 0 saturated carbocycles. The minimum absolute atomic E-state index is 0.236. The van der Waals surface area contributed by atoms with Crippen LogP contribution < -0.4 is 16.4 Å². The number of unbranched alkanes of at least 4 members (excludes halogenated alkanes) is 8. The second-order valence-electron chi connectivity index (χ2n) is 12.8. The Morgan fingerprint density at radius 3 is 2.02 bits per heavy atom.